The first-order valence-corrected chi connectivity index (χ1v) is 12.8. The van der Waals surface area contributed by atoms with Crippen LogP contribution in [0, 0.1) is 0 Å². The molecule has 0 amide bonds. The average Bonchev–Trinajstić information content (AvgIpc) is 2.86. The third-order valence-electron chi connectivity index (χ3n) is 5.60. The maximum atomic E-state index is 12.8. The molecule has 0 spiro atoms. The van der Waals surface area contributed by atoms with Gasteiger partial charge in [0.1, 0.15) is 13.2 Å². The van der Waals surface area contributed by atoms with E-state index in [1.807, 2.05) is 12.1 Å². The SMILES string of the molecule is CC(C)(C)c1ccc(C(=O)COC(=O)c2ccc(NS(=O)(=O)c3ccc4c(c3)OCCO4)cc2)cc1. The fraction of sp³-hybridized carbons (Fsp3) is 0.259. The number of sulfonamides is 1. The zero-order valence-electron chi connectivity index (χ0n) is 20.2. The lowest BCUT2D eigenvalue weighted by atomic mass is 9.86. The first kappa shape index (κ1) is 25.2. The Morgan fingerprint density at radius 2 is 1.47 bits per heavy atom. The Bertz CT molecular complexity index is 1370. The molecule has 188 valence electrons. The standard InChI is InChI=1S/C27H27NO7S/c1-27(2,3)20-8-4-18(5-9-20)23(29)17-35-26(30)19-6-10-21(11-7-19)28-36(31,32)22-12-13-24-25(16-22)34-15-14-33-24/h4-13,16,28H,14-15,17H2,1-3H3. The second-order valence-corrected chi connectivity index (χ2v) is 11.0. The third kappa shape index (κ3) is 5.85. The normalized spacial score (nSPS) is 13.1. The molecule has 4 rings (SSSR count). The number of rotatable bonds is 7. The lowest BCUT2D eigenvalue weighted by molar-refractivity contribution is 0.0475. The molecule has 8 nitrogen and oxygen atoms in total. The van der Waals surface area contributed by atoms with Crippen molar-refractivity contribution in [3.8, 4) is 11.5 Å². The largest absolute Gasteiger partial charge is 0.486 e. The Morgan fingerprint density at radius 3 is 2.11 bits per heavy atom. The highest BCUT2D eigenvalue weighted by atomic mass is 32.2. The highest BCUT2D eigenvalue weighted by Crippen LogP contribution is 2.32. The minimum Gasteiger partial charge on any atom is -0.486 e. The number of ether oxygens (including phenoxy) is 3. The number of fused-ring (bicyclic) bond motifs is 1. The molecule has 1 aliphatic rings. The monoisotopic (exact) mass is 509 g/mol. The molecule has 0 bridgehead atoms. The molecule has 0 fully saturated rings. The summed E-state index contributed by atoms with van der Waals surface area (Å²) in [5.74, 6) is -0.145. The van der Waals surface area contributed by atoms with E-state index in [9.17, 15) is 18.0 Å². The van der Waals surface area contributed by atoms with Crippen molar-refractivity contribution >= 4 is 27.5 Å². The van der Waals surface area contributed by atoms with Crippen LogP contribution in [-0.2, 0) is 20.2 Å². The number of Topliss-reactive ketones (excluding diaryl/α,β-unsaturated/α-hetero) is 1. The van der Waals surface area contributed by atoms with Crippen molar-refractivity contribution in [3.05, 3.63) is 83.4 Å². The molecule has 0 saturated heterocycles. The number of carbonyl (C=O) groups is 2. The van der Waals surface area contributed by atoms with E-state index in [1.54, 1.807) is 18.2 Å². The van der Waals surface area contributed by atoms with Crippen molar-refractivity contribution in [2.75, 3.05) is 24.5 Å². The molecule has 36 heavy (non-hydrogen) atoms. The van der Waals surface area contributed by atoms with E-state index < -0.39 is 22.6 Å². The van der Waals surface area contributed by atoms with E-state index >= 15 is 0 Å². The second kappa shape index (κ2) is 10.0. The van der Waals surface area contributed by atoms with E-state index in [0.717, 1.165) is 5.56 Å². The molecule has 0 aromatic heterocycles. The fourth-order valence-corrected chi connectivity index (χ4v) is 4.61. The van der Waals surface area contributed by atoms with Crippen molar-refractivity contribution < 1.29 is 32.2 Å². The van der Waals surface area contributed by atoms with Gasteiger partial charge in [-0.25, -0.2) is 13.2 Å². The van der Waals surface area contributed by atoms with Crippen LogP contribution in [0.15, 0.2) is 71.6 Å². The zero-order valence-corrected chi connectivity index (χ0v) is 21.1. The van der Waals surface area contributed by atoms with Gasteiger partial charge in [-0.05, 0) is 47.4 Å². The molecular weight excluding hydrogens is 482 g/mol. The summed E-state index contributed by atoms with van der Waals surface area (Å²) in [6, 6.07) is 17.3. The summed E-state index contributed by atoms with van der Waals surface area (Å²) in [5.41, 5.74) is 1.98. The van der Waals surface area contributed by atoms with Gasteiger partial charge in [0.15, 0.2) is 23.9 Å². The predicted octanol–water partition coefficient (Wildman–Crippen LogP) is 4.60. The summed E-state index contributed by atoms with van der Waals surface area (Å²) in [7, 11) is -3.89. The van der Waals surface area contributed by atoms with Gasteiger partial charge >= 0.3 is 5.97 Å². The van der Waals surface area contributed by atoms with E-state index in [1.165, 1.54) is 36.4 Å². The number of anilines is 1. The maximum Gasteiger partial charge on any atom is 0.338 e. The van der Waals surface area contributed by atoms with Gasteiger partial charge in [0.25, 0.3) is 10.0 Å². The molecule has 0 saturated carbocycles. The predicted molar refractivity (Wildman–Crippen MR) is 134 cm³/mol. The Hall–Kier alpha value is -3.85. The van der Waals surface area contributed by atoms with Crippen LogP contribution in [0.5, 0.6) is 11.5 Å². The van der Waals surface area contributed by atoms with Crippen LogP contribution in [-0.4, -0.2) is 40.0 Å². The molecule has 1 heterocycles. The van der Waals surface area contributed by atoms with E-state index in [4.69, 9.17) is 14.2 Å². The van der Waals surface area contributed by atoms with Gasteiger partial charge in [0.05, 0.1) is 10.5 Å². The summed E-state index contributed by atoms with van der Waals surface area (Å²) in [4.78, 5) is 24.8. The molecular formula is C27H27NO7S. The van der Waals surface area contributed by atoms with Crippen LogP contribution in [0.4, 0.5) is 5.69 Å². The summed E-state index contributed by atoms with van der Waals surface area (Å²) >= 11 is 0. The van der Waals surface area contributed by atoms with E-state index in [2.05, 4.69) is 25.5 Å². The van der Waals surface area contributed by atoms with Crippen molar-refractivity contribution in [1.29, 1.82) is 0 Å². The lowest BCUT2D eigenvalue weighted by Crippen LogP contribution is -2.17. The van der Waals surface area contributed by atoms with E-state index in [0.29, 0.717) is 30.3 Å². The smallest absolute Gasteiger partial charge is 0.338 e. The van der Waals surface area contributed by atoms with Crippen molar-refractivity contribution in [2.45, 2.75) is 31.1 Å². The third-order valence-corrected chi connectivity index (χ3v) is 6.98. The van der Waals surface area contributed by atoms with Gasteiger partial charge in [-0.3, -0.25) is 9.52 Å². The Labute approximate surface area is 210 Å². The number of benzene rings is 3. The van der Waals surface area contributed by atoms with Crippen LogP contribution in [0.3, 0.4) is 0 Å². The fourth-order valence-electron chi connectivity index (χ4n) is 3.53. The van der Waals surface area contributed by atoms with Crippen molar-refractivity contribution in [3.63, 3.8) is 0 Å². The number of hydrogen-bond acceptors (Lipinski definition) is 7. The highest BCUT2D eigenvalue weighted by molar-refractivity contribution is 7.92. The Morgan fingerprint density at radius 1 is 0.861 bits per heavy atom. The number of esters is 1. The van der Waals surface area contributed by atoms with Crippen LogP contribution in [0.1, 0.15) is 47.1 Å². The molecule has 3 aromatic rings. The van der Waals surface area contributed by atoms with Crippen LogP contribution in [0.2, 0.25) is 0 Å². The van der Waals surface area contributed by atoms with Gasteiger partial charge in [-0.1, -0.05) is 45.0 Å². The molecule has 1 aliphatic heterocycles. The first-order valence-electron chi connectivity index (χ1n) is 11.4. The highest BCUT2D eigenvalue weighted by Gasteiger charge is 2.20. The number of carbonyl (C=O) groups excluding carboxylic acids is 2. The molecule has 9 heteroatoms. The van der Waals surface area contributed by atoms with Gasteiger partial charge in [-0.2, -0.15) is 0 Å². The first-order chi connectivity index (χ1) is 17.0. The minimum absolute atomic E-state index is 0.0179. The molecule has 0 atom stereocenters. The van der Waals surface area contributed by atoms with Gasteiger partial charge < -0.3 is 14.2 Å². The van der Waals surface area contributed by atoms with Crippen molar-refractivity contribution in [2.24, 2.45) is 0 Å². The van der Waals surface area contributed by atoms with Crippen LogP contribution < -0.4 is 14.2 Å². The Kier molecular flexibility index (Phi) is 7.03. The van der Waals surface area contributed by atoms with Gasteiger partial charge in [-0.15, -0.1) is 0 Å². The zero-order chi connectivity index (χ0) is 25.9. The molecule has 1 N–H and O–H groups in total. The number of hydrogen-bond donors (Lipinski definition) is 1. The average molecular weight is 510 g/mol. The van der Waals surface area contributed by atoms with E-state index in [-0.39, 0.29) is 27.3 Å². The lowest BCUT2D eigenvalue weighted by Gasteiger charge is -2.19. The quantitative estimate of drug-likeness (QED) is 0.366. The minimum atomic E-state index is -3.89. The molecule has 3 aromatic carbocycles. The Balaban J connectivity index is 1.35. The van der Waals surface area contributed by atoms with Gasteiger partial charge in [0.2, 0.25) is 0 Å². The maximum absolute atomic E-state index is 12.8. The topological polar surface area (TPSA) is 108 Å². The molecule has 0 aliphatic carbocycles. The molecule has 0 unspecified atom stereocenters. The number of nitrogens with one attached hydrogen (secondary N) is 1. The molecule has 0 radical (unpaired) electrons. The number of ketones is 1. The van der Waals surface area contributed by atoms with Crippen molar-refractivity contribution in [1.82, 2.24) is 0 Å². The van der Waals surface area contributed by atoms with Gasteiger partial charge in [0, 0.05) is 17.3 Å². The second-order valence-electron chi connectivity index (χ2n) is 9.31. The van der Waals surface area contributed by atoms with Crippen LogP contribution >= 0.6 is 0 Å². The summed E-state index contributed by atoms with van der Waals surface area (Å²) in [6.45, 7) is 6.61. The van der Waals surface area contributed by atoms with Crippen LogP contribution in [0.25, 0.3) is 0 Å². The summed E-state index contributed by atoms with van der Waals surface area (Å²) in [5, 5.41) is 0. The summed E-state index contributed by atoms with van der Waals surface area (Å²) in [6.07, 6.45) is 0. The summed E-state index contributed by atoms with van der Waals surface area (Å²) < 4.78 is 44.0.